The van der Waals surface area contributed by atoms with Crippen molar-refractivity contribution >= 4 is 5.97 Å². The van der Waals surface area contributed by atoms with E-state index >= 15 is 0 Å². The number of rotatable bonds is 4. The molecule has 1 aromatic heterocycles. The molecule has 1 aromatic carbocycles. The molecule has 0 atom stereocenters. The number of benzene rings is 1. The van der Waals surface area contributed by atoms with Crippen LogP contribution in [-0.4, -0.2) is 29.9 Å². The normalized spacial score (nSPS) is 10.1. The Labute approximate surface area is 104 Å². The van der Waals surface area contributed by atoms with Crippen LogP contribution >= 0.6 is 0 Å². The van der Waals surface area contributed by atoms with E-state index in [1.807, 2.05) is 19.1 Å². The van der Waals surface area contributed by atoms with Crippen LogP contribution in [0.4, 0.5) is 0 Å². The van der Waals surface area contributed by atoms with Gasteiger partial charge in [-0.15, -0.1) is 10.2 Å². The fraction of sp³-hybridized carbons (Fsp3) is 0.250. The Morgan fingerprint density at radius 1 is 1.33 bits per heavy atom. The highest BCUT2D eigenvalue weighted by Gasteiger charge is 2.18. The smallest absolute Gasteiger partial charge is 0.396 e. The van der Waals surface area contributed by atoms with Gasteiger partial charge in [0.15, 0.2) is 0 Å². The minimum absolute atomic E-state index is 0.182. The molecule has 0 aliphatic heterocycles. The maximum absolute atomic E-state index is 11.2. The lowest BCUT2D eigenvalue weighted by Gasteiger charge is -2.05. The van der Waals surface area contributed by atoms with Gasteiger partial charge in [0.05, 0.1) is 19.3 Å². The van der Waals surface area contributed by atoms with Crippen molar-refractivity contribution in [2.24, 2.45) is 0 Å². The quantitative estimate of drug-likeness (QED) is 0.769. The molecule has 6 heteroatoms. The Balaban J connectivity index is 2.36. The molecule has 2 aromatic rings. The number of carbonyl (C=O) groups is 1. The van der Waals surface area contributed by atoms with E-state index in [0.717, 1.165) is 0 Å². The molecule has 6 nitrogen and oxygen atoms in total. The molecule has 94 valence electrons. The van der Waals surface area contributed by atoms with Gasteiger partial charge < -0.3 is 13.9 Å². The van der Waals surface area contributed by atoms with Gasteiger partial charge in [-0.25, -0.2) is 4.79 Å². The van der Waals surface area contributed by atoms with Gasteiger partial charge in [-0.3, -0.25) is 0 Å². The van der Waals surface area contributed by atoms with E-state index in [0.29, 0.717) is 17.9 Å². The van der Waals surface area contributed by atoms with Gasteiger partial charge in [0, 0.05) is 0 Å². The first-order chi connectivity index (χ1) is 8.76. The molecule has 0 N–H and O–H groups in total. The second-order valence-corrected chi connectivity index (χ2v) is 3.33. The van der Waals surface area contributed by atoms with Crippen molar-refractivity contribution in [2.45, 2.75) is 6.92 Å². The average molecular weight is 248 g/mol. The van der Waals surface area contributed by atoms with Gasteiger partial charge in [0.25, 0.3) is 5.89 Å². The lowest BCUT2D eigenvalue weighted by molar-refractivity contribution is 0.0556. The molecule has 0 unspecified atom stereocenters. The molecular weight excluding hydrogens is 236 g/mol. The molecule has 0 fully saturated rings. The van der Waals surface area contributed by atoms with Gasteiger partial charge in [0.2, 0.25) is 0 Å². The Morgan fingerprint density at radius 3 is 2.83 bits per heavy atom. The van der Waals surface area contributed by atoms with Gasteiger partial charge in [-0.2, -0.15) is 0 Å². The molecule has 1 heterocycles. The van der Waals surface area contributed by atoms with Crippen LogP contribution in [0, 0.1) is 0 Å². The van der Waals surface area contributed by atoms with Crippen molar-refractivity contribution in [1.29, 1.82) is 0 Å². The summed E-state index contributed by atoms with van der Waals surface area (Å²) in [5.74, 6) is 0.000887. The van der Waals surface area contributed by atoms with E-state index in [-0.39, 0.29) is 11.8 Å². The lowest BCUT2D eigenvalue weighted by Crippen LogP contribution is -2.00. The zero-order chi connectivity index (χ0) is 13.0. The minimum Gasteiger partial charge on any atom is -0.493 e. The largest absolute Gasteiger partial charge is 0.493 e. The third-order valence-corrected chi connectivity index (χ3v) is 2.20. The van der Waals surface area contributed by atoms with Crippen LogP contribution < -0.4 is 4.74 Å². The molecule has 0 aliphatic rings. The van der Waals surface area contributed by atoms with Crippen molar-refractivity contribution in [2.75, 3.05) is 13.7 Å². The number of esters is 1. The molecule has 0 saturated carbocycles. The van der Waals surface area contributed by atoms with E-state index < -0.39 is 5.97 Å². The lowest BCUT2D eigenvalue weighted by atomic mass is 10.2. The zero-order valence-corrected chi connectivity index (χ0v) is 10.0. The van der Waals surface area contributed by atoms with Gasteiger partial charge in [-0.05, 0) is 19.1 Å². The highest BCUT2D eigenvalue weighted by molar-refractivity contribution is 5.84. The number of para-hydroxylation sites is 1. The molecule has 18 heavy (non-hydrogen) atoms. The van der Waals surface area contributed by atoms with E-state index in [4.69, 9.17) is 9.15 Å². The number of carbonyl (C=O) groups excluding carboxylic acids is 1. The van der Waals surface area contributed by atoms with Crippen LogP contribution in [0.1, 0.15) is 17.6 Å². The van der Waals surface area contributed by atoms with Crippen LogP contribution in [0.5, 0.6) is 5.75 Å². The summed E-state index contributed by atoms with van der Waals surface area (Å²) in [7, 11) is 1.25. The van der Waals surface area contributed by atoms with E-state index in [1.165, 1.54) is 7.11 Å². The maximum atomic E-state index is 11.2. The van der Waals surface area contributed by atoms with E-state index in [9.17, 15) is 4.79 Å². The zero-order valence-electron chi connectivity index (χ0n) is 10.0. The SMILES string of the molecule is CCOc1ccccc1-c1nnc(C(=O)OC)o1. The first-order valence-electron chi connectivity index (χ1n) is 5.40. The third-order valence-electron chi connectivity index (χ3n) is 2.20. The fourth-order valence-corrected chi connectivity index (χ4v) is 1.43. The maximum Gasteiger partial charge on any atom is 0.396 e. The summed E-state index contributed by atoms with van der Waals surface area (Å²) in [6.45, 7) is 2.40. The van der Waals surface area contributed by atoms with Crippen LogP contribution in [0.3, 0.4) is 0 Å². The number of methoxy groups -OCH3 is 1. The Kier molecular flexibility index (Phi) is 3.57. The summed E-state index contributed by atoms with van der Waals surface area (Å²) in [6.07, 6.45) is 0. The van der Waals surface area contributed by atoms with Crippen molar-refractivity contribution in [3.63, 3.8) is 0 Å². The number of nitrogens with zero attached hydrogens (tertiary/aromatic N) is 2. The Bertz CT molecular complexity index is 551. The van der Waals surface area contributed by atoms with Crippen molar-refractivity contribution in [3.8, 4) is 17.2 Å². The molecule has 2 rings (SSSR count). The van der Waals surface area contributed by atoms with Crippen LogP contribution in [0.2, 0.25) is 0 Å². The third kappa shape index (κ3) is 2.32. The fourth-order valence-electron chi connectivity index (χ4n) is 1.43. The standard InChI is InChI=1S/C12H12N2O4/c1-3-17-9-7-5-4-6-8(9)10-13-14-11(18-10)12(15)16-2/h4-7H,3H2,1-2H3. The van der Waals surface area contributed by atoms with E-state index in [2.05, 4.69) is 14.9 Å². The Hall–Kier alpha value is -2.37. The first kappa shape index (κ1) is 12.1. The molecule has 0 radical (unpaired) electrons. The highest BCUT2D eigenvalue weighted by Crippen LogP contribution is 2.28. The second-order valence-electron chi connectivity index (χ2n) is 3.33. The number of aromatic nitrogens is 2. The molecular formula is C12H12N2O4. The highest BCUT2D eigenvalue weighted by atomic mass is 16.5. The Morgan fingerprint density at radius 2 is 2.11 bits per heavy atom. The minimum atomic E-state index is -0.664. The summed E-state index contributed by atoms with van der Waals surface area (Å²) in [4.78, 5) is 11.2. The first-order valence-corrected chi connectivity index (χ1v) is 5.40. The summed E-state index contributed by atoms with van der Waals surface area (Å²) in [6, 6.07) is 7.23. The van der Waals surface area contributed by atoms with Crippen molar-refractivity contribution in [3.05, 3.63) is 30.2 Å². The molecule has 0 amide bonds. The van der Waals surface area contributed by atoms with Gasteiger partial charge in [0.1, 0.15) is 5.75 Å². The van der Waals surface area contributed by atoms with Crippen molar-refractivity contribution < 1.29 is 18.7 Å². The number of hydrogen-bond acceptors (Lipinski definition) is 6. The molecule has 0 aliphatic carbocycles. The van der Waals surface area contributed by atoms with Crippen LogP contribution in [0.15, 0.2) is 28.7 Å². The molecule has 0 spiro atoms. The van der Waals surface area contributed by atoms with Crippen LogP contribution in [0.25, 0.3) is 11.5 Å². The van der Waals surface area contributed by atoms with Gasteiger partial charge in [-0.1, -0.05) is 12.1 Å². The molecule has 0 bridgehead atoms. The average Bonchev–Trinajstić information content (AvgIpc) is 2.88. The summed E-state index contributed by atoms with van der Waals surface area (Å²) in [5, 5.41) is 7.42. The summed E-state index contributed by atoms with van der Waals surface area (Å²) in [5.41, 5.74) is 0.641. The topological polar surface area (TPSA) is 74.5 Å². The second kappa shape index (κ2) is 5.31. The summed E-state index contributed by atoms with van der Waals surface area (Å²) < 4.78 is 15.2. The van der Waals surface area contributed by atoms with Crippen molar-refractivity contribution in [1.82, 2.24) is 10.2 Å². The van der Waals surface area contributed by atoms with Gasteiger partial charge >= 0.3 is 11.9 Å². The molecule has 0 saturated heterocycles. The number of ether oxygens (including phenoxy) is 2. The summed E-state index contributed by atoms with van der Waals surface area (Å²) >= 11 is 0. The monoisotopic (exact) mass is 248 g/mol. The number of hydrogen-bond donors (Lipinski definition) is 0. The predicted octanol–water partition coefficient (Wildman–Crippen LogP) is 1.92. The predicted molar refractivity (Wildman–Crippen MR) is 62.2 cm³/mol. The van der Waals surface area contributed by atoms with E-state index in [1.54, 1.807) is 12.1 Å². The van der Waals surface area contributed by atoms with Crippen LogP contribution in [-0.2, 0) is 4.74 Å².